The van der Waals surface area contributed by atoms with Crippen LogP contribution < -0.4 is 0 Å². The fraction of sp³-hybridized carbons (Fsp3) is 0.333. The van der Waals surface area contributed by atoms with Crippen molar-refractivity contribution in [2.45, 2.75) is 25.1 Å². The largest absolute Gasteiger partial charge is 0.284 e. The average Bonchev–Trinajstić information content (AvgIpc) is 2.54. The predicted molar refractivity (Wildman–Crippen MR) is 90.6 cm³/mol. The summed E-state index contributed by atoms with van der Waals surface area (Å²) in [5.41, 5.74) is 2.40. The number of hydrogen-bond acceptors (Lipinski definition) is 4. The average molecular weight is 331 g/mol. The van der Waals surface area contributed by atoms with E-state index in [4.69, 9.17) is 4.18 Å². The first-order valence-electron chi connectivity index (χ1n) is 7.69. The van der Waals surface area contributed by atoms with Crippen LogP contribution in [0.4, 0.5) is 0 Å². The molecule has 4 nitrogen and oxygen atoms in total. The number of nitrogens with zero attached hydrogens (tertiary/aromatic N) is 1. The summed E-state index contributed by atoms with van der Waals surface area (Å²) in [6, 6.07) is 20.7. The minimum atomic E-state index is -3.42. The number of benzene rings is 2. The molecule has 2 atom stereocenters. The van der Waals surface area contributed by atoms with E-state index in [2.05, 4.69) is 29.2 Å². The van der Waals surface area contributed by atoms with E-state index >= 15 is 0 Å². The Labute approximate surface area is 137 Å². The van der Waals surface area contributed by atoms with E-state index in [0.29, 0.717) is 6.54 Å². The first-order valence-corrected chi connectivity index (χ1v) is 9.51. The lowest BCUT2D eigenvalue weighted by Crippen LogP contribution is -2.61. The molecule has 23 heavy (non-hydrogen) atoms. The van der Waals surface area contributed by atoms with Crippen molar-refractivity contribution in [2.24, 2.45) is 0 Å². The zero-order valence-electron chi connectivity index (χ0n) is 13.3. The molecule has 5 heteroatoms. The van der Waals surface area contributed by atoms with Crippen molar-refractivity contribution in [1.82, 2.24) is 4.90 Å². The van der Waals surface area contributed by atoms with Crippen LogP contribution in [0.2, 0.25) is 0 Å². The van der Waals surface area contributed by atoms with E-state index in [-0.39, 0.29) is 18.2 Å². The van der Waals surface area contributed by atoms with Crippen molar-refractivity contribution >= 4 is 10.1 Å². The maximum absolute atomic E-state index is 11.4. The lowest BCUT2D eigenvalue weighted by atomic mass is 9.90. The van der Waals surface area contributed by atoms with Crippen LogP contribution in [0.15, 0.2) is 60.7 Å². The number of rotatable bonds is 5. The van der Waals surface area contributed by atoms with E-state index in [9.17, 15) is 8.42 Å². The Morgan fingerprint density at radius 2 is 1.48 bits per heavy atom. The van der Waals surface area contributed by atoms with E-state index in [0.717, 1.165) is 6.26 Å². The van der Waals surface area contributed by atoms with Gasteiger partial charge in [0.05, 0.1) is 12.3 Å². The van der Waals surface area contributed by atoms with E-state index in [1.807, 2.05) is 43.3 Å². The molecule has 1 aliphatic rings. The second kappa shape index (κ2) is 6.43. The summed E-state index contributed by atoms with van der Waals surface area (Å²) >= 11 is 0. The third-order valence-electron chi connectivity index (χ3n) is 4.31. The molecule has 0 N–H and O–H groups in total. The molecule has 2 unspecified atom stereocenters. The van der Waals surface area contributed by atoms with E-state index in [1.165, 1.54) is 11.1 Å². The van der Waals surface area contributed by atoms with Gasteiger partial charge in [0.15, 0.2) is 0 Å². The highest BCUT2D eigenvalue weighted by molar-refractivity contribution is 7.86. The van der Waals surface area contributed by atoms with Gasteiger partial charge in [-0.15, -0.1) is 0 Å². The smallest absolute Gasteiger partial charge is 0.264 e. The second-order valence-electron chi connectivity index (χ2n) is 6.00. The van der Waals surface area contributed by atoms with E-state index < -0.39 is 10.1 Å². The maximum Gasteiger partial charge on any atom is 0.264 e. The van der Waals surface area contributed by atoms with Crippen LogP contribution in [0.3, 0.4) is 0 Å². The van der Waals surface area contributed by atoms with E-state index in [1.54, 1.807) is 0 Å². The highest BCUT2D eigenvalue weighted by Gasteiger charge is 2.43. The quantitative estimate of drug-likeness (QED) is 0.791. The molecule has 1 saturated heterocycles. The van der Waals surface area contributed by atoms with Crippen LogP contribution in [0.5, 0.6) is 0 Å². The highest BCUT2D eigenvalue weighted by atomic mass is 32.2. The topological polar surface area (TPSA) is 46.6 Å². The molecule has 0 radical (unpaired) electrons. The van der Waals surface area contributed by atoms with Gasteiger partial charge in [-0.1, -0.05) is 60.7 Å². The molecule has 0 amide bonds. The van der Waals surface area contributed by atoms with Gasteiger partial charge in [0, 0.05) is 12.6 Å². The third kappa shape index (κ3) is 3.63. The predicted octanol–water partition coefficient (Wildman–Crippen LogP) is 2.82. The summed E-state index contributed by atoms with van der Waals surface area (Å²) in [4.78, 5) is 2.28. The molecular formula is C18H21NO3S. The molecule has 0 aromatic heterocycles. The molecule has 0 aliphatic carbocycles. The molecule has 2 aromatic carbocycles. The molecular weight excluding hydrogens is 310 g/mol. The zero-order chi connectivity index (χ0) is 16.4. The Hall–Kier alpha value is -1.69. The summed E-state index contributed by atoms with van der Waals surface area (Å²) in [6.45, 7) is 2.61. The standard InChI is InChI=1S/C18H21NO3S/c1-14-17(22-23(2,20)21)13-19(14)18(15-9-5-3-6-10-15)16-11-7-4-8-12-16/h3-12,14,17-18H,13H2,1-2H3. The van der Waals surface area contributed by atoms with Gasteiger partial charge in [-0.2, -0.15) is 8.42 Å². The molecule has 1 fully saturated rings. The van der Waals surface area contributed by atoms with Crippen LogP contribution >= 0.6 is 0 Å². The van der Waals surface area contributed by atoms with Crippen molar-refractivity contribution < 1.29 is 12.6 Å². The van der Waals surface area contributed by atoms with Gasteiger partial charge >= 0.3 is 0 Å². The van der Waals surface area contributed by atoms with Crippen LogP contribution in [0, 0.1) is 0 Å². The molecule has 1 aliphatic heterocycles. The Bertz CT molecular complexity index is 707. The molecule has 3 rings (SSSR count). The van der Waals surface area contributed by atoms with Gasteiger partial charge in [0.1, 0.15) is 6.10 Å². The first-order chi connectivity index (χ1) is 11.0. The minimum absolute atomic E-state index is 0.0372. The van der Waals surface area contributed by atoms with Gasteiger partial charge in [0.2, 0.25) is 0 Å². The Morgan fingerprint density at radius 1 is 1.00 bits per heavy atom. The number of likely N-dealkylation sites (tertiary alicyclic amines) is 1. The van der Waals surface area contributed by atoms with Gasteiger partial charge in [-0.25, -0.2) is 0 Å². The molecule has 0 spiro atoms. The highest BCUT2D eigenvalue weighted by Crippen LogP contribution is 2.37. The normalized spacial score (nSPS) is 22.0. The summed E-state index contributed by atoms with van der Waals surface area (Å²) in [5.74, 6) is 0. The Balaban J connectivity index is 1.87. The van der Waals surface area contributed by atoms with Crippen LogP contribution in [0.1, 0.15) is 24.1 Å². The van der Waals surface area contributed by atoms with Gasteiger partial charge in [-0.3, -0.25) is 9.08 Å². The summed E-state index contributed by atoms with van der Waals surface area (Å²) in [6.07, 6.45) is 0.828. The van der Waals surface area contributed by atoms with Crippen molar-refractivity contribution in [3.63, 3.8) is 0 Å². The fourth-order valence-electron chi connectivity index (χ4n) is 3.12. The lowest BCUT2D eigenvalue weighted by molar-refractivity contribution is -0.0508. The van der Waals surface area contributed by atoms with Crippen LogP contribution in [-0.4, -0.2) is 38.3 Å². The minimum Gasteiger partial charge on any atom is -0.284 e. The molecule has 122 valence electrons. The molecule has 0 bridgehead atoms. The summed E-state index contributed by atoms with van der Waals surface area (Å²) in [5, 5.41) is 0. The monoisotopic (exact) mass is 331 g/mol. The lowest BCUT2D eigenvalue weighted by Gasteiger charge is -2.49. The SMILES string of the molecule is CC1C(OS(C)(=O)=O)CN1C(c1ccccc1)c1ccccc1. The van der Waals surface area contributed by atoms with Gasteiger partial charge < -0.3 is 0 Å². The van der Waals surface area contributed by atoms with Crippen molar-refractivity contribution in [3.8, 4) is 0 Å². The van der Waals surface area contributed by atoms with Crippen molar-refractivity contribution in [3.05, 3.63) is 71.8 Å². The Kier molecular flexibility index (Phi) is 4.53. The van der Waals surface area contributed by atoms with Crippen LogP contribution in [-0.2, 0) is 14.3 Å². The third-order valence-corrected chi connectivity index (χ3v) is 4.91. The van der Waals surface area contributed by atoms with Gasteiger partial charge in [0.25, 0.3) is 10.1 Å². The Morgan fingerprint density at radius 3 is 1.87 bits per heavy atom. The summed E-state index contributed by atoms with van der Waals surface area (Å²) < 4.78 is 27.9. The zero-order valence-corrected chi connectivity index (χ0v) is 14.1. The van der Waals surface area contributed by atoms with Crippen molar-refractivity contribution in [1.29, 1.82) is 0 Å². The first kappa shape index (κ1) is 16.2. The maximum atomic E-state index is 11.4. The molecule has 2 aromatic rings. The summed E-state index contributed by atoms with van der Waals surface area (Å²) in [7, 11) is -3.42. The fourth-order valence-corrected chi connectivity index (χ4v) is 3.79. The molecule has 1 heterocycles. The molecule has 0 saturated carbocycles. The van der Waals surface area contributed by atoms with Crippen molar-refractivity contribution in [2.75, 3.05) is 12.8 Å². The van der Waals surface area contributed by atoms with Gasteiger partial charge in [-0.05, 0) is 18.1 Å². The van der Waals surface area contributed by atoms with Crippen LogP contribution in [0.25, 0.3) is 0 Å². The second-order valence-corrected chi connectivity index (χ2v) is 7.60. The number of hydrogen-bond donors (Lipinski definition) is 0.